The fourth-order valence-corrected chi connectivity index (χ4v) is 3.00. The van der Waals surface area contributed by atoms with Crippen LogP contribution in [0.1, 0.15) is 25.7 Å². The van der Waals surface area contributed by atoms with E-state index in [-0.39, 0.29) is 0 Å². The number of aryl methyl sites for hydroxylation is 1. The first-order valence-corrected chi connectivity index (χ1v) is 6.90. The molecule has 0 aromatic carbocycles. The fraction of sp³-hybridized carbons (Fsp3) is 0.615. The van der Waals surface area contributed by atoms with E-state index >= 15 is 0 Å². The number of hydrogen-bond acceptors (Lipinski definition) is 5. The fourth-order valence-electron chi connectivity index (χ4n) is 3.00. The molecule has 2 aromatic rings. The first-order valence-electron chi connectivity index (χ1n) is 6.90. The quantitative estimate of drug-likeness (QED) is 0.890. The van der Waals surface area contributed by atoms with Gasteiger partial charge in [0.2, 0.25) is 0 Å². The highest BCUT2D eigenvalue weighted by atomic mass is 15.3. The highest BCUT2D eigenvalue weighted by Crippen LogP contribution is 2.30. The van der Waals surface area contributed by atoms with Gasteiger partial charge >= 0.3 is 0 Å². The summed E-state index contributed by atoms with van der Waals surface area (Å²) < 4.78 is 1.79. The van der Waals surface area contributed by atoms with Gasteiger partial charge in [-0.05, 0) is 12.8 Å². The lowest BCUT2D eigenvalue weighted by molar-refractivity contribution is 0.604. The third-order valence-electron chi connectivity index (χ3n) is 3.92. The Morgan fingerprint density at radius 1 is 1.37 bits per heavy atom. The third-order valence-corrected chi connectivity index (χ3v) is 3.92. The highest BCUT2D eigenvalue weighted by Gasteiger charge is 2.25. The molecule has 2 N–H and O–H groups in total. The van der Waals surface area contributed by atoms with Crippen molar-refractivity contribution >= 4 is 16.9 Å². The van der Waals surface area contributed by atoms with E-state index in [2.05, 4.69) is 20.0 Å². The molecule has 6 heteroatoms. The Morgan fingerprint density at radius 2 is 2.16 bits per heavy atom. The number of hydrogen-bond donors (Lipinski definition) is 1. The van der Waals surface area contributed by atoms with E-state index in [1.165, 1.54) is 25.7 Å². The van der Waals surface area contributed by atoms with Crippen LogP contribution < -0.4 is 10.6 Å². The van der Waals surface area contributed by atoms with Crippen LogP contribution in [0.2, 0.25) is 0 Å². The van der Waals surface area contributed by atoms with Gasteiger partial charge in [-0.1, -0.05) is 12.8 Å². The van der Waals surface area contributed by atoms with Crippen molar-refractivity contribution in [3.05, 3.63) is 12.5 Å². The molecule has 3 rings (SSSR count). The van der Waals surface area contributed by atoms with E-state index in [0.717, 1.165) is 23.4 Å². The molecule has 0 saturated heterocycles. The average Bonchev–Trinajstić information content (AvgIpc) is 3.06. The van der Waals surface area contributed by atoms with Crippen molar-refractivity contribution in [1.82, 2.24) is 19.7 Å². The van der Waals surface area contributed by atoms with Crippen LogP contribution in [0.3, 0.4) is 0 Å². The Labute approximate surface area is 112 Å². The molecule has 102 valence electrons. The van der Waals surface area contributed by atoms with Crippen molar-refractivity contribution in [3.8, 4) is 0 Å². The molecule has 1 aliphatic carbocycles. The van der Waals surface area contributed by atoms with Gasteiger partial charge < -0.3 is 10.6 Å². The molecule has 0 atom stereocenters. The summed E-state index contributed by atoms with van der Waals surface area (Å²) in [5.74, 6) is 0.982. The molecule has 1 fully saturated rings. The largest absolute Gasteiger partial charge is 0.352 e. The van der Waals surface area contributed by atoms with Gasteiger partial charge in [0.05, 0.1) is 11.6 Å². The van der Waals surface area contributed by atoms with E-state index in [1.807, 2.05) is 13.2 Å². The molecular weight excluding hydrogens is 240 g/mol. The molecule has 0 spiro atoms. The highest BCUT2D eigenvalue weighted by molar-refractivity contribution is 5.86. The van der Waals surface area contributed by atoms with Crippen LogP contribution >= 0.6 is 0 Å². The lowest BCUT2D eigenvalue weighted by Gasteiger charge is -2.29. The van der Waals surface area contributed by atoms with Crippen LogP contribution in [-0.2, 0) is 7.05 Å². The van der Waals surface area contributed by atoms with Gasteiger partial charge in [0, 0.05) is 26.2 Å². The van der Waals surface area contributed by atoms with Crippen LogP contribution in [0.15, 0.2) is 12.5 Å². The Kier molecular flexibility index (Phi) is 3.33. The molecule has 1 saturated carbocycles. The molecule has 0 radical (unpaired) electrons. The molecule has 1 aliphatic rings. The van der Waals surface area contributed by atoms with Crippen molar-refractivity contribution < 1.29 is 0 Å². The molecule has 19 heavy (non-hydrogen) atoms. The number of fused-ring (bicyclic) bond motifs is 1. The van der Waals surface area contributed by atoms with Crippen LogP contribution in [0, 0.1) is 0 Å². The molecule has 6 nitrogen and oxygen atoms in total. The summed E-state index contributed by atoms with van der Waals surface area (Å²) >= 11 is 0. The lowest BCUT2D eigenvalue weighted by Crippen LogP contribution is -2.38. The first-order chi connectivity index (χ1) is 9.31. The van der Waals surface area contributed by atoms with Gasteiger partial charge in [0.1, 0.15) is 12.1 Å². The molecule has 0 bridgehead atoms. The van der Waals surface area contributed by atoms with Crippen molar-refractivity contribution in [2.45, 2.75) is 31.7 Å². The lowest BCUT2D eigenvalue weighted by atomic mass is 10.2. The zero-order valence-corrected chi connectivity index (χ0v) is 11.3. The van der Waals surface area contributed by atoms with Gasteiger partial charge in [-0.2, -0.15) is 5.10 Å². The van der Waals surface area contributed by atoms with E-state index in [4.69, 9.17) is 5.73 Å². The Morgan fingerprint density at radius 3 is 2.89 bits per heavy atom. The predicted molar refractivity (Wildman–Crippen MR) is 75.0 cm³/mol. The summed E-state index contributed by atoms with van der Waals surface area (Å²) in [5, 5.41) is 5.30. The van der Waals surface area contributed by atoms with E-state index in [9.17, 15) is 0 Å². The maximum atomic E-state index is 5.78. The predicted octanol–water partition coefficient (Wildman–Crippen LogP) is 1.07. The van der Waals surface area contributed by atoms with Gasteiger partial charge in [0.25, 0.3) is 0 Å². The van der Waals surface area contributed by atoms with Crippen LogP contribution in [0.4, 0.5) is 5.82 Å². The monoisotopic (exact) mass is 260 g/mol. The molecule has 2 aromatic heterocycles. The third kappa shape index (κ3) is 2.16. The van der Waals surface area contributed by atoms with E-state index in [0.29, 0.717) is 12.6 Å². The zero-order valence-electron chi connectivity index (χ0n) is 11.3. The summed E-state index contributed by atoms with van der Waals surface area (Å²) in [6.45, 7) is 1.48. The minimum Gasteiger partial charge on any atom is -0.352 e. The molecule has 0 aliphatic heterocycles. The van der Waals surface area contributed by atoms with Gasteiger partial charge in [-0.25, -0.2) is 9.97 Å². The molecule has 2 heterocycles. The van der Waals surface area contributed by atoms with Crippen LogP contribution in [-0.4, -0.2) is 38.9 Å². The van der Waals surface area contributed by atoms with Crippen LogP contribution in [0.25, 0.3) is 11.0 Å². The Bertz CT molecular complexity index is 557. The molecular formula is C13H20N6. The summed E-state index contributed by atoms with van der Waals surface area (Å²) in [6.07, 6.45) is 8.53. The summed E-state index contributed by atoms with van der Waals surface area (Å²) in [4.78, 5) is 11.1. The first kappa shape index (κ1) is 12.3. The number of rotatable bonds is 4. The number of anilines is 1. The van der Waals surface area contributed by atoms with E-state index in [1.54, 1.807) is 11.0 Å². The Balaban J connectivity index is 2.03. The maximum Gasteiger partial charge on any atom is 0.163 e. The number of nitrogens with zero attached hydrogens (tertiary/aromatic N) is 5. The second kappa shape index (κ2) is 5.13. The Hall–Kier alpha value is -1.69. The van der Waals surface area contributed by atoms with E-state index < -0.39 is 0 Å². The smallest absolute Gasteiger partial charge is 0.163 e. The van der Waals surface area contributed by atoms with Crippen molar-refractivity contribution in [2.24, 2.45) is 12.8 Å². The second-order valence-electron chi connectivity index (χ2n) is 5.12. The topological polar surface area (TPSA) is 72.9 Å². The van der Waals surface area contributed by atoms with Gasteiger partial charge in [-0.3, -0.25) is 4.68 Å². The minimum absolute atomic E-state index is 0.557. The van der Waals surface area contributed by atoms with Crippen molar-refractivity contribution in [3.63, 3.8) is 0 Å². The second-order valence-corrected chi connectivity index (χ2v) is 5.12. The molecule has 0 amide bonds. The van der Waals surface area contributed by atoms with Crippen molar-refractivity contribution in [1.29, 1.82) is 0 Å². The molecule has 0 unspecified atom stereocenters. The minimum atomic E-state index is 0.557. The van der Waals surface area contributed by atoms with Gasteiger partial charge in [0.15, 0.2) is 5.65 Å². The SMILES string of the molecule is Cn1ncc2c(N(CCN)C3CCCC3)ncnc21. The standard InChI is InChI=1S/C13H20N6/c1-18-12-11(8-17-18)13(16-9-15-12)19(7-6-14)10-4-2-3-5-10/h8-10H,2-7,14H2,1H3. The average molecular weight is 260 g/mol. The maximum absolute atomic E-state index is 5.78. The number of nitrogens with two attached hydrogens (primary N) is 1. The normalized spacial score (nSPS) is 16.3. The van der Waals surface area contributed by atoms with Gasteiger partial charge in [-0.15, -0.1) is 0 Å². The summed E-state index contributed by atoms with van der Waals surface area (Å²) in [6, 6.07) is 0.557. The summed E-state index contributed by atoms with van der Waals surface area (Å²) in [5.41, 5.74) is 6.66. The zero-order chi connectivity index (χ0) is 13.2. The van der Waals surface area contributed by atoms with Crippen molar-refractivity contribution in [2.75, 3.05) is 18.0 Å². The summed E-state index contributed by atoms with van der Waals surface area (Å²) in [7, 11) is 1.90. The number of aromatic nitrogens is 4. The van der Waals surface area contributed by atoms with Crippen LogP contribution in [0.5, 0.6) is 0 Å².